The van der Waals surface area contributed by atoms with Gasteiger partial charge in [-0.15, -0.1) is 0 Å². The summed E-state index contributed by atoms with van der Waals surface area (Å²) in [6.07, 6.45) is 6.99. The standard InChI is InChI=1S/C15H22BrN/c1-12-7-6-8-13(15(12)16)11-17(2)14-9-4-3-5-10-14/h6-8,14H,3-5,9-11H2,1-2H3. The molecule has 1 aromatic carbocycles. The number of aryl methyl sites for hydroxylation is 1. The molecule has 0 radical (unpaired) electrons. The predicted octanol–water partition coefficient (Wildman–Crippen LogP) is 4.52. The van der Waals surface area contributed by atoms with Crippen molar-refractivity contribution in [2.24, 2.45) is 0 Å². The summed E-state index contributed by atoms with van der Waals surface area (Å²) < 4.78 is 1.28. The molecule has 0 saturated heterocycles. The lowest BCUT2D eigenvalue weighted by Gasteiger charge is -2.31. The lowest BCUT2D eigenvalue weighted by atomic mass is 9.94. The van der Waals surface area contributed by atoms with Crippen LogP contribution in [-0.4, -0.2) is 18.0 Å². The molecule has 0 unspecified atom stereocenters. The molecule has 0 N–H and O–H groups in total. The predicted molar refractivity (Wildman–Crippen MR) is 77.2 cm³/mol. The van der Waals surface area contributed by atoms with Gasteiger partial charge >= 0.3 is 0 Å². The third kappa shape index (κ3) is 3.32. The number of hydrogen-bond donors (Lipinski definition) is 0. The van der Waals surface area contributed by atoms with E-state index in [0.29, 0.717) is 0 Å². The minimum absolute atomic E-state index is 0.788. The highest BCUT2D eigenvalue weighted by Crippen LogP contribution is 2.26. The van der Waals surface area contributed by atoms with Crippen molar-refractivity contribution < 1.29 is 0 Å². The van der Waals surface area contributed by atoms with Crippen molar-refractivity contribution >= 4 is 15.9 Å². The summed E-state index contributed by atoms with van der Waals surface area (Å²) >= 11 is 3.71. The molecule has 0 amide bonds. The van der Waals surface area contributed by atoms with E-state index in [4.69, 9.17) is 0 Å². The second-order valence-corrected chi connectivity index (χ2v) is 6.05. The van der Waals surface area contributed by atoms with E-state index in [0.717, 1.165) is 12.6 Å². The fourth-order valence-corrected chi connectivity index (χ4v) is 3.14. The lowest BCUT2D eigenvalue weighted by molar-refractivity contribution is 0.184. The van der Waals surface area contributed by atoms with Gasteiger partial charge in [-0.2, -0.15) is 0 Å². The first kappa shape index (κ1) is 13.1. The van der Waals surface area contributed by atoms with Crippen LogP contribution in [0.15, 0.2) is 22.7 Å². The maximum atomic E-state index is 3.71. The fourth-order valence-electron chi connectivity index (χ4n) is 2.75. The van der Waals surface area contributed by atoms with Crippen LogP contribution in [0.25, 0.3) is 0 Å². The van der Waals surface area contributed by atoms with E-state index in [1.807, 2.05) is 0 Å². The summed E-state index contributed by atoms with van der Waals surface area (Å²) in [4.78, 5) is 2.53. The second-order valence-electron chi connectivity index (χ2n) is 5.25. The van der Waals surface area contributed by atoms with Crippen LogP contribution in [0.2, 0.25) is 0 Å². The molecule has 1 aliphatic carbocycles. The van der Waals surface area contributed by atoms with E-state index in [9.17, 15) is 0 Å². The molecule has 0 bridgehead atoms. The van der Waals surface area contributed by atoms with Gasteiger partial charge in [0.25, 0.3) is 0 Å². The molecular weight excluding hydrogens is 274 g/mol. The molecule has 1 aromatic rings. The number of benzene rings is 1. The Hall–Kier alpha value is -0.340. The van der Waals surface area contributed by atoms with Crippen molar-refractivity contribution in [2.45, 2.75) is 51.6 Å². The van der Waals surface area contributed by atoms with E-state index >= 15 is 0 Å². The summed E-state index contributed by atoms with van der Waals surface area (Å²) in [6.45, 7) is 3.22. The van der Waals surface area contributed by atoms with Crippen LogP contribution in [0, 0.1) is 6.92 Å². The van der Waals surface area contributed by atoms with Crippen LogP contribution in [0.5, 0.6) is 0 Å². The van der Waals surface area contributed by atoms with Crippen LogP contribution in [0.1, 0.15) is 43.2 Å². The smallest absolute Gasteiger partial charge is 0.0249 e. The van der Waals surface area contributed by atoms with E-state index in [1.54, 1.807) is 0 Å². The average Bonchev–Trinajstić information content (AvgIpc) is 2.36. The van der Waals surface area contributed by atoms with Gasteiger partial charge in [-0.25, -0.2) is 0 Å². The van der Waals surface area contributed by atoms with Gasteiger partial charge < -0.3 is 0 Å². The topological polar surface area (TPSA) is 3.24 Å². The Morgan fingerprint density at radius 1 is 1.24 bits per heavy atom. The minimum Gasteiger partial charge on any atom is -0.299 e. The third-order valence-electron chi connectivity index (χ3n) is 3.89. The summed E-state index contributed by atoms with van der Waals surface area (Å²) in [5.74, 6) is 0. The highest BCUT2D eigenvalue weighted by atomic mass is 79.9. The molecule has 0 aromatic heterocycles. The molecular formula is C15H22BrN. The molecule has 2 heteroatoms. The molecule has 2 rings (SSSR count). The Morgan fingerprint density at radius 2 is 1.94 bits per heavy atom. The average molecular weight is 296 g/mol. The van der Waals surface area contributed by atoms with Crippen LogP contribution in [-0.2, 0) is 6.54 Å². The van der Waals surface area contributed by atoms with E-state index in [-0.39, 0.29) is 0 Å². The molecule has 94 valence electrons. The molecule has 0 spiro atoms. The van der Waals surface area contributed by atoms with Crippen LogP contribution in [0.4, 0.5) is 0 Å². The van der Waals surface area contributed by atoms with Gasteiger partial charge in [0.05, 0.1) is 0 Å². The van der Waals surface area contributed by atoms with Gasteiger partial charge in [-0.3, -0.25) is 4.90 Å². The lowest BCUT2D eigenvalue weighted by Crippen LogP contribution is -2.32. The fraction of sp³-hybridized carbons (Fsp3) is 0.600. The summed E-state index contributed by atoms with van der Waals surface area (Å²) in [5, 5.41) is 0. The van der Waals surface area contributed by atoms with Gasteiger partial charge in [-0.05, 0) is 37.9 Å². The van der Waals surface area contributed by atoms with E-state index in [2.05, 4.69) is 53.0 Å². The van der Waals surface area contributed by atoms with Crippen LogP contribution < -0.4 is 0 Å². The number of nitrogens with zero attached hydrogens (tertiary/aromatic N) is 1. The normalized spacial score (nSPS) is 17.6. The largest absolute Gasteiger partial charge is 0.299 e. The zero-order chi connectivity index (χ0) is 12.3. The third-order valence-corrected chi connectivity index (χ3v) is 5.02. The Labute approximate surface area is 113 Å². The number of halogens is 1. The van der Waals surface area contributed by atoms with Crippen molar-refractivity contribution in [3.05, 3.63) is 33.8 Å². The van der Waals surface area contributed by atoms with Gasteiger partial charge in [0, 0.05) is 17.1 Å². The highest BCUT2D eigenvalue weighted by molar-refractivity contribution is 9.10. The first-order valence-electron chi connectivity index (χ1n) is 6.62. The zero-order valence-electron chi connectivity index (χ0n) is 10.9. The van der Waals surface area contributed by atoms with Crippen molar-refractivity contribution in [3.8, 4) is 0 Å². The second kappa shape index (κ2) is 6.01. The van der Waals surface area contributed by atoms with E-state index < -0.39 is 0 Å². The molecule has 1 saturated carbocycles. The SMILES string of the molecule is Cc1cccc(CN(C)C2CCCCC2)c1Br. The number of rotatable bonds is 3. The Kier molecular flexibility index (Phi) is 4.63. The summed E-state index contributed by atoms with van der Waals surface area (Å²) in [7, 11) is 2.27. The number of hydrogen-bond acceptors (Lipinski definition) is 1. The van der Waals surface area contributed by atoms with Gasteiger partial charge in [-0.1, -0.05) is 53.4 Å². The summed E-state index contributed by atoms with van der Waals surface area (Å²) in [5.41, 5.74) is 2.75. The quantitative estimate of drug-likeness (QED) is 0.792. The van der Waals surface area contributed by atoms with Crippen molar-refractivity contribution in [2.75, 3.05) is 7.05 Å². The maximum absolute atomic E-state index is 3.71. The first-order chi connectivity index (χ1) is 8.18. The maximum Gasteiger partial charge on any atom is 0.0249 e. The van der Waals surface area contributed by atoms with Crippen molar-refractivity contribution in [3.63, 3.8) is 0 Å². The van der Waals surface area contributed by atoms with Crippen LogP contribution >= 0.6 is 15.9 Å². The Balaban J connectivity index is 2.01. The molecule has 1 fully saturated rings. The monoisotopic (exact) mass is 295 g/mol. The minimum atomic E-state index is 0.788. The molecule has 0 atom stereocenters. The van der Waals surface area contributed by atoms with Crippen molar-refractivity contribution in [1.82, 2.24) is 4.90 Å². The first-order valence-corrected chi connectivity index (χ1v) is 7.42. The highest BCUT2D eigenvalue weighted by Gasteiger charge is 2.18. The van der Waals surface area contributed by atoms with Crippen LogP contribution in [0.3, 0.4) is 0 Å². The van der Waals surface area contributed by atoms with Gasteiger partial charge in [0.15, 0.2) is 0 Å². The molecule has 1 nitrogen and oxygen atoms in total. The Morgan fingerprint density at radius 3 is 2.65 bits per heavy atom. The van der Waals surface area contributed by atoms with Gasteiger partial charge in [0.2, 0.25) is 0 Å². The molecule has 1 aliphatic rings. The zero-order valence-corrected chi connectivity index (χ0v) is 12.5. The van der Waals surface area contributed by atoms with Gasteiger partial charge in [0.1, 0.15) is 0 Å². The molecule has 0 heterocycles. The summed E-state index contributed by atoms with van der Waals surface area (Å²) in [6, 6.07) is 7.34. The van der Waals surface area contributed by atoms with Crippen molar-refractivity contribution in [1.29, 1.82) is 0 Å². The molecule has 17 heavy (non-hydrogen) atoms. The Bertz CT molecular complexity index is 369. The molecule has 0 aliphatic heterocycles. The van der Waals surface area contributed by atoms with E-state index in [1.165, 1.54) is 47.7 Å².